The molecule has 4 heterocycles. The summed E-state index contributed by atoms with van der Waals surface area (Å²) in [6.45, 7) is 10.3. The molecule has 0 aromatic heterocycles. The molecule has 12 heteroatoms. The van der Waals surface area contributed by atoms with Gasteiger partial charge < -0.3 is 0 Å². The molecular formula is C132H100N4O8. The second-order valence-electron chi connectivity index (χ2n) is 38.7. The van der Waals surface area contributed by atoms with Crippen molar-refractivity contribution in [3.8, 4) is 47.4 Å². The fraction of sp³-hybridized carbons (Fsp3) is 0.182. The molecule has 12 nitrogen and oxygen atoms in total. The van der Waals surface area contributed by atoms with Gasteiger partial charge in [-0.15, -0.1) is 0 Å². The lowest BCUT2D eigenvalue weighted by Gasteiger charge is -2.27. The molecule has 0 atom stereocenters. The minimum atomic E-state index is -0.236. The second kappa shape index (κ2) is 38.1. The predicted octanol–water partition coefficient (Wildman–Crippen LogP) is 29.8. The highest BCUT2D eigenvalue weighted by Gasteiger charge is 2.38. The minimum Gasteiger partial charge on any atom is -0.274 e. The smallest absolute Gasteiger partial charge is 0.261 e. The zero-order valence-electron chi connectivity index (χ0n) is 80.9. The van der Waals surface area contributed by atoms with Crippen LogP contribution in [0.4, 0.5) is 0 Å². The first-order valence-corrected chi connectivity index (χ1v) is 50.9. The molecule has 0 bridgehead atoms. The number of benzene rings is 20. The molecule has 0 saturated carbocycles. The number of amides is 8. The normalized spacial score (nSPS) is 13.2. The van der Waals surface area contributed by atoms with Crippen LogP contribution in [-0.4, -0.2) is 93.0 Å². The Morgan fingerprint density at radius 3 is 0.562 bits per heavy atom. The summed E-state index contributed by atoms with van der Waals surface area (Å²) < 4.78 is 0. The fourth-order valence-corrected chi connectivity index (χ4v) is 22.5. The number of rotatable bonds is 20. The van der Waals surface area contributed by atoms with E-state index in [2.05, 4.69) is 245 Å². The van der Waals surface area contributed by atoms with Gasteiger partial charge in [-0.05, 0) is 276 Å². The van der Waals surface area contributed by atoms with Crippen molar-refractivity contribution in [2.75, 3.05) is 26.2 Å². The van der Waals surface area contributed by atoms with Gasteiger partial charge in [-0.1, -0.05) is 322 Å². The number of hydrogen-bond acceptors (Lipinski definition) is 8. The first-order chi connectivity index (χ1) is 70.6. The summed E-state index contributed by atoms with van der Waals surface area (Å²) in [6.07, 6.45) is 15.8. The third-order valence-corrected chi connectivity index (χ3v) is 29.8. The van der Waals surface area contributed by atoms with Crippen LogP contribution in [0.25, 0.3) is 151 Å². The van der Waals surface area contributed by atoms with Crippen molar-refractivity contribution in [3.05, 3.63) is 380 Å². The van der Waals surface area contributed by atoms with Gasteiger partial charge in [0, 0.05) is 137 Å². The SMILES string of the molecule is CCCCCCN1C(=O)c2cccc3c(C#Cc4ccc5ccc6ccc7ccc8ccc9ccc(C#Cc%10ccc%11c%12c(cccc%10%12)C(=O)N(CCCCCC)C%11=O)cc9c8c7c6c5c4)ccc(c23)C1=O.CCCCCCN1C(=O)c2cccc3c(C#Cc4ccc5ccc6ccc7ccc8ccc9ccc(C#Cc%10ccc%11c%12c(cccc%10%12)C(=O)N(CCCCCC)C%11=O)cc9c8c7c6c5c4)ccc(c23)C1=O. The maximum atomic E-state index is 13.7. The first-order valence-electron chi connectivity index (χ1n) is 50.9. The average molecular weight is 1870 g/mol. The van der Waals surface area contributed by atoms with Crippen LogP contribution in [0, 0.1) is 47.4 Å². The first kappa shape index (κ1) is 90.7. The molecule has 696 valence electrons. The van der Waals surface area contributed by atoms with E-state index in [1.807, 2.05) is 121 Å². The molecule has 0 spiro atoms. The molecule has 0 unspecified atom stereocenters. The molecule has 0 fully saturated rings. The molecule has 0 N–H and O–H groups in total. The number of imide groups is 4. The quantitative estimate of drug-likeness (QED) is 0.0317. The van der Waals surface area contributed by atoms with E-state index in [0.29, 0.717) is 92.2 Å². The van der Waals surface area contributed by atoms with E-state index in [0.717, 1.165) is 277 Å². The summed E-state index contributed by atoms with van der Waals surface area (Å²) in [6, 6.07) is 98.2. The molecule has 0 aliphatic carbocycles. The van der Waals surface area contributed by atoms with Gasteiger partial charge in [0.25, 0.3) is 47.3 Å². The summed E-state index contributed by atoms with van der Waals surface area (Å²) in [5, 5.41) is 28.4. The Balaban J connectivity index is 0.000000159. The Labute approximate surface area is 834 Å². The molecule has 20 aromatic rings. The van der Waals surface area contributed by atoms with Crippen molar-refractivity contribution in [1.29, 1.82) is 0 Å². The van der Waals surface area contributed by atoms with Crippen LogP contribution in [0.5, 0.6) is 0 Å². The van der Waals surface area contributed by atoms with Crippen LogP contribution in [0.15, 0.2) is 291 Å². The maximum Gasteiger partial charge on any atom is 0.261 e. The van der Waals surface area contributed by atoms with E-state index in [1.54, 1.807) is 0 Å². The van der Waals surface area contributed by atoms with Gasteiger partial charge in [0.1, 0.15) is 0 Å². The average Bonchev–Trinajstić information content (AvgIpc) is 0.711. The number of hydrogen-bond donors (Lipinski definition) is 0. The Morgan fingerprint density at radius 1 is 0.167 bits per heavy atom. The Bertz CT molecular complexity index is 8180. The van der Waals surface area contributed by atoms with Crippen LogP contribution in [0.2, 0.25) is 0 Å². The van der Waals surface area contributed by atoms with Crippen LogP contribution in [-0.2, 0) is 0 Å². The molecule has 4 aliphatic rings. The standard InChI is InChI=1S/2C66H50N2O4/c2*1-3-5-7-9-37-67-63(69)52-15-11-13-50-43(33-35-54(61(50)52)65(67)71)21-17-41-19-23-45-25-27-47-29-31-49-32-30-48-28-26-46-24-20-42(40-57(46)59(48)60(49)58(47)56(45)39-41)18-22-44-34-36-55-62-51(44)14-12-16-53(62)64(70)68(66(55)72)38-10-8-6-4-2/h2*11-16,19-20,23-36,39-40H,3-10,37-38H2,1-2H3. The minimum absolute atomic E-state index is 0.236. The monoisotopic (exact) mass is 1870 g/mol. The van der Waals surface area contributed by atoms with Crippen molar-refractivity contribution in [3.63, 3.8) is 0 Å². The summed E-state index contributed by atoms with van der Waals surface area (Å²) in [7, 11) is 0. The van der Waals surface area contributed by atoms with E-state index < -0.39 is 0 Å². The fourth-order valence-electron chi connectivity index (χ4n) is 22.5. The molecular weight excluding hydrogens is 1770 g/mol. The summed E-state index contributed by atoms with van der Waals surface area (Å²) in [5.41, 5.74) is 10.9. The van der Waals surface area contributed by atoms with Crippen molar-refractivity contribution in [1.82, 2.24) is 19.6 Å². The van der Waals surface area contributed by atoms with Crippen molar-refractivity contribution < 1.29 is 38.4 Å². The number of carbonyl (C=O) groups excluding carboxylic acids is 8. The summed E-state index contributed by atoms with van der Waals surface area (Å²) in [5.74, 6) is 25.7. The zero-order chi connectivity index (χ0) is 98.1. The largest absolute Gasteiger partial charge is 0.274 e. The molecule has 144 heavy (non-hydrogen) atoms. The van der Waals surface area contributed by atoms with Gasteiger partial charge in [0.05, 0.1) is 0 Å². The molecule has 8 amide bonds. The summed E-state index contributed by atoms with van der Waals surface area (Å²) in [4.78, 5) is 115. The lowest BCUT2D eigenvalue weighted by Crippen LogP contribution is -2.40. The molecule has 0 saturated heterocycles. The third kappa shape index (κ3) is 15.9. The molecule has 4 aliphatic heterocycles. The zero-order valence-corrected chi connectivity index (χ0v) is 80.9. The van der Waals surface area contributed by atoms with E-state index in [1.165, 1.54) is 19.6 Å². The highest BCUT2D eigenvalue weighted by atomic mass is 16.2. The van der Waals surface area contributed by atoms with Gasteiger partial charge in [-0.25, -0.2) is 0 Å². The highest BCUT2D eigenvalue weighted by molar-refractivity contribution is 6.36. The van der Waals surface area contributed by atoms with Gasteiger partial charge in [-0.2, -0.15) is 0 Å². The van der Waals surface area contributed by atoms with Crippen molar-refractivity contribution in [2.24, 2.45) is 0 Å². The number of unbranched alkanes of at least 4 members (excludes halogenated alkanes) is 12. The van der Waals surface area contributed by atoms with E-state index in [-0.39, 0.29) is 47.3 Å². The summed E-state index contributed by atoms with van der Waals surface area (Å²) >= 11 is 0. The van der Waals surface area contributed by atoms with Crippen LogP contribution >= 0.6 is 0 Å². The van der Waals surface area contributed by atoms with E-state index >= 15 is 0 Å². The lowest BCUT2D eigenvalue weighted by atomic mass is 9.89. The van der Waals surface area contributed by atoms with E-state index in [4.69, 9.17) is 0 Å². The van der Waals surface area contributed by atoms with E-state index in [9.17, 15) is 38.4 Å². The molecule has 24 rings (SSSR count). The van der Waals surface area contributed by atoms with Crippen LogP contribution < -0.4 is 0 Å². The Morgan fingerprint density at radius 2 is 0.354 bits per heavy atom. The topological polar surface area (TPSA) is 150 Å². The number of fused-ring (bicyclic) bond motifs is 18. The van der Waals surface area contributed by atoms with Crippen molar-refractivity contribution in [2.45, 2.75) is 130 Å². The Kier molecular flexibility index (Phi) is 24.0. The Hall–Kier alpha value is -17.2. The molecule has 20 aromatic carbocycles. The highest BCUT2D eigenvalue weighted by Crippen LogP contribution is 2.46. The van der Waals surface area contributed by atoms with Crippen LogP contribution in [0.1, 0.15) is 258 Å². The van der Waals surface area contributed by atoms with Gasteiger partial charge in [0.2, 0.25) is 0 Å². The predicted molar refractivity (Wildman–Crippen MR) is 586 cm³/mol. The molecule has 0 radical (unpaired) electrons. The third-order valence-electron chi connectivity index (χ3n) is 29.8. The number of carbonyl (C=O) groups is 8. The maximum absolute atomic E-state index is 13.7. The van der Waals surface area contributed by atoms with Crippen molar-refractivity contribution >= 4 is 198 Å². The second-order valence-corrected chi connectivity index (χ2v) is 38.7. The van der Waals surface area contributed by atoms with Gasteiger partial charge >= 0.3 is 0 Å². The van der Waals surface area contributed by atoms with Gasteiger partial charge in [-0.3, -0.25) is 58.0 Å². The van der Waals surface area contributed by atoms with Gasteiger partial charge in [0.15, 0.2) is 0 Å². The number of nitrogens with zero attached hydrogens (tertiary/aromatic N) is 4. The van der Waals surface area contributed by atoms with Crippen LogP contribution in [0.3, 0.4) is 0 Å². The lowest BCUT2D eigenvalue weighted by molar-refractivity contribution is 0.0592.